The zero-order valence-corrected chi connectivity index (χ0v) is 7.70. The Balaban J connectivity index is 3.74. The molecule has 0 amide bonds. The lowest BCUT2D eigenvalue weighted by atomic mass is 10.1. The number of rotatable bonds is 2. The summed E-state index contributed by atoms with van der Waals surface area (Å²) in [6.45, 7) is 3.82. The smallest absolute Gasteiger partial charge is 0.173 e. The zero-order chi connectivity index (χ0) is 11.7. The first-order valence-electron chi connectivity index (χ1n) is 3.91. The van der Waals surface area contributed by atoms with Gasteiger partial charge in [-0.3, -0.25) is 4.79 Å². The van der Waals surface area contributed by atoms with Crippen LogP contribution in [0.5, 0.6) is 0 Å². The number of carbonyl (C=O) groups is 1. The van der Waals surface area contributed by atoms with E-state index in [9.17, 15) is 22.4 Å². The minimum atomic E-state index is -1.70. The van der Waals surface area contributed by atoms with E-state index in [-0.39, 0.29) is 0 Å². The predicted molar refractivity (Wildman–Crippen MR) is 46.4 cm³/mol. The van der Waals surface area contributed by atoms with Crippen molar-refractivity contribution < 1.29 is 22.4 Å². The maximum Gasteiger partial charge on any atom is 0.173 e. The van der Waals surface area contributed by atoms with Gasteiger partial charge in [0.25, 0.3) is 0 Å². The molecule has 0 aromatic heterocycles. The van der Waals surface area contributed by atoms with Gasteiger partial charge >= 0.3 is 0 Å². The molecule has 0 aliphatic carbocycles. The first-order chi connectivity index (χ1) is 6.91. The molecule has 1 aromatic carbocycles. The van der Waals surface area contributed by atoms with Gasteiger partial charge in [0, 0.05) is 0 Å². The van der Waals surface area contributed by atoms with Gasteiger partial charge in [-0.15, -0.1) is 0 Å². The van der Waals surface area contributed by atoms with E-state index in [1.54, 1.807) is 0 Å². The van der Waals surface area contributed by atoms with E-state index in [2.05, 4.69) is 6.58 Å². The van der Waals surface area contributed by atoms with Gasteiger partial charge in [0.15, 0.2) is 29.1 Å². The Morgan fingerprint density at radius 1 is 1.07 bits per heavy atom. The molecule has 0 atom stereocenters. The van der Waals surface area contributed by atoms with Crippen molar-refractivity contribution in [1.29, 1.82) is 0 Å². The molecular formula is C10H6F4O. The molecule has 0 bridgehead atoms. The van der Waals surface area contributed by atoms with Crippen LogP contribution in [0.2, 0.25) is 0 Å². The maximum absolute atomic E-state index is 13.1. The van der Waals surface area contributed by atoms with Crippen LogP contribution in [0.4, 0.5) is 17.6 Å². The first-order valence-corrected chi connectivity index (χ1v) is 3.91. The summed E-state index contributed by atoms with van der Waals surface area (Å²) in [5.41, 5.74) is -2.13. The van der Waals surface area contributed by atoms with Gasteiger partial charge in [0.05, 0.1) is 11.1 Å². The van der Waals surface area contributed by atoms with E-state index in [1.807, 2.05) is 0 Å². The van der Waals surface area contributed by atoms with Crippen molar-refractivity contribution in [3.05, 3.63) is 41.0 Å². The Bertz CT molecular complexity index is 422. The third-order valence-corrected chi connectivity index (χ3v) is 1.85. The molecule has 0 saturated carbocycles. The van der Waals surface area contributed by atoms with E-state index in [1.165, 1.54) is 0 Å². The van der Waals surface area contributed by atoms with Crippen molar-refractivity contribution in [3.63, 3.8) is 0 Å². The van der Waals surface area contributed by atoms with Gasteiger partial charge < -0.3 is 0 Å². The van der Waals surface area contributed by atoms with Gasteiger partial charge in [-0.05, 0) is 6.92 Å². The van der Waals surface area contributed by atoms with Crippen LogP contribution in [0.15, 0.2) is 6.58 Å². The lowest BCUT2D eigenvalue weighted by molar-refractivity contribution is 0.100. The van der Waals surface area contributed by atoms with Crippen LogP contribution in [0.25, 0.3) is 6.08 Å². The number of hydrogen-bond acceptors (Lipinski definition) is 1. The Morgan fingerprint density at radius 3 is 1.73 bits per heavy atom. The fourth-order valence-electron chi connectivity index (χ4n) is 1.14. The summed E-state index contributed by atoms with van der Waals surface area (Å²) in [5.74, 6) is -7.71. The van der Waals surface area contributed by atoms with E-state index in [0.717, 1.165) is 6.92 Å². The standard InChI is InChI=1S/C10H6F4O/c1-3-5-7(11)9(13)6(4(2)15)10(14)8(5)12/h3H,1H2,2H3. The molecule has 1 rings (SSSR count). The number of Topliss-reactive ketones (excluding diaryl/α,β-unsaturated/α-hetero) is 1. The lowest BCUT2D eigenvalue weighted by Crippen LogP contribution is -2.09. The van der Waals surface area contributed by atoms with Crippen LogP contribution in [0.1, 0.15) is 22.8 Å². The van der Waals surface area contributed by atoms with Gasteiger partial charge in [0.2, 0.25) is 0 Å². The number of carbonyl (C=O) groups excluding carboxylic acids is 1. The van der Waals surface area contributed by atoms with Crippen molar-refractivity contribution in [1.82, 2.24) is 0 Å². The third-order valence-electron chi connectivity index (χ3n) is 1.85. The average molecular weight is 218 g/mol. The molecule has 1 aromatic rings. The minimum Gasteiger partial charge on any atom is -0.294 e. The molecule has 80 valence electrons. The van der Waals surface area contributed by atoms with Crippen LogP contribution >= 0.6 is 0 Å². The van der Waals surface area contributed by atoms with Crippen LogP contribution in [-0.2, 0) is 0 Å². The van der Waals surface area contributed by atoms with E-state index in [4.69, 9.17) is 0 Å². The summed E-state index contributed by atoms with van der Waals surface area (Å²) in [7, 11) is 0. The molecule has 0 spiro atoms. The van der Waals surface area contributed by atoms with E-state index >= 15 is 0 Å². The van der Waals surface area contributed by atoms with Crippen molar-refractivity contribution in [2.45, 2.75) is 6.92 Å². The normalized spacial score (nSPS) is 10.2. The van der Waals surface area contributed by atoms with E-state index in [0.29, 0.717) is 6.08 Å². The minimum absolute atomic E-state index is 0.640. The summed E-state index contributed by atoms with van der Waals surface area (Å²) >= 11 is 0. The SMILES string of the molecule is C=Cc1c(F)c(F)c(C(C)=O)c(F)c1F. The molecule has 0 unspecified atom stereocenters. The highest BCUT2D eigenvalue weighted by molar-refractivity contribution is 5.95. The summed E-state index contributed by atoms with van der Waals surface area (Å²) < 4.78 is 52.3. The maximum atomic E-state index is 13.1. The Kier molecular flexibility index (Phi) is 2.93. The number of ketones is 1. The fraction of sp³-hybridized carbons (Fsp3) is 0.100. The van der Waals surface area contributed by atoms with Crippen LogP contribution < -0.4 is 0 Å². The topological polar surface area (TPSA) is 17.1 Å². The highest BCUT2D eigenvalue weighted by Crippen LogP contribution is 2.25. The fourth-order valence-corrected chi connectivity index (χ4v) is 1.14. The summed E-state index contributed by atoms with van der Waals surface area (Å²) in [5, 5.41) is 0. The van der Waals surface area contributed by atoms with Crippen molar-refractivity contribution in [2.24, 2.45) is 0 Å². The van der Waals surface area contributed by atoms with Gasteiger partial charge in [-0.25, -0.2) is 17.6 Å². The third kappa shape index (κ3) is 1.65. The largest absolute Gasteiger partial charge is 0.294 e. The highest BCUT2D eigenvalue weighted by atomic mass is 19.2. The molecule has 0 aliphatic rings. The molecule has 0 fully saturated rings. The van der Waals surface area contributed by atoms with Crippen molar-refractivity contribution in [3.8, 4) is 0 Å². The van der Waals surface area contributed by atoms with Crippen LogP contribution in [-0.4, -0.2) is 5.78 Å². The quantitative estimate of drug-likeness (QED) is 0.423. The molecule has 0 radical (unpaired) electrons. The Hall–Kier alpha value is -1.65. The monoisotopic (exact) mass is 218 g/mol. The molecule has 1 nitrogen and oxygen atoms in total. The predicted octanol–water partition coefficient (Wildman–Crippen LogP) is 3.09. The zero-order valence-electron chi connectivity index (χ0n) is 7.70. The number of hydrogen-bond donors (Lipinski definition) is 0. The van der Waals surface area contributed by atoms with Gasteiger partial charge in [-0.1, -0.05) is 12.7 Å². The highest BCUT2D eigenvalue weighted by Gasteiger charge is 2.25. The average Bonchev–Trinajstić information content (AvgIpc) is 2.16. The molecule has 5 heteroatoms. The summed E-state index contributed by atoms with van der Waals surface area (Å²) in [6.07, 6.45) is 0.640. The summed E-state index contributed by atoms with van der Waals surface area (Å²) in [4.78, 5) is 10.8. The van der Waals surface area contributed by atoms with Gasteiger partial charge in [0.1, 0.15) is 0 Å². The van der Waals surface area contributed by atoms with Crippen LogP contribution in [0, 0.1) is 23.3 Å². The van der Waals surface area contributed by atoms with Gasteiger partial charge in [-0.2, -0.15) is 0 Å². The molecular weight excluding hydrogens is 212 g/mol. The lowest BCUT2D eigenvalue weighted by Gasteiger charge is -2.06. The second kappa shape index (κ2) is 3.84. The molecule has 0 heterocycles. The molecule has 0 aliphatic heterocycles. The second-order valence-corrected chi connectivity index (χ2v) is 2.80. The molecule has 0 saturated heterocycles. The van der Waals surface area contributed by atoms with Crippen molar-refractivity contribution in [2.75, 3.05) is 0 Å². The first kappa shape index (κ1) is 11.4. The Labute approximate surface area is 83.0 Å². The number of benzene rings is 1. The molecule has 15 heavy (non-hydrogen) atoms. The van der Waals surface area contributed by atoms with Crippen molar-refractivity contribution >= 4 is 11.9 Å². The number of halogens is 4. The summed E-state index contributed by atoms with van der Waals surface area (Å²) in [6, 6.07) is 0. The van der Waals surface area contributed by atoms with E-state index < -0.39 is 40.2 Å². The second-order valence-electron chi connectivity index (χ2n) is 2.80. The Morgan fingerprint density at radius 2 is 1.47 bits per heavy atom. The molecule has 0 N–H and O–H groups in total. The van der Waals surface area contributed by atoms with Crippen LogP contribution in [0.3, 0.4) is 0 Å².